The van der Waals surface area contributed by atoms with Gasteiger partial charge in [-0.05, 0) is 43.3 Å². The summed E-state index contributed by atoms with van der Waals surface area (Å²) in [6.07, 6.45) is 1.77. The summed E-state index contributed by atoms with van der Waals surface area (Å²) >= 11 is 7.29. The average Bonchev–Trinajstić information content (AvgIpc) is 3.12. The van der Waals surface area contributed by atoms with Crippen LogP contribution in [-0.2, 0) is 11.3 Å². The molecule has 0 unspecified atom stereocenters. The standard InChI is InChI=1S/C21H21ClN4O2S/c1-3-13-26-20(15-9-11-16(22)12-10-15)24-25-21(26)29-14-19(27)23-17-7-5-6-8-18(17)28-4-2/h3,5-12H,1,4,13-14H2,2H3,(H,23,27). The number of aromatic nitrogens is 3. The van der Waals surface area contributed by atoms with Gasteiger partial charge >= 0.3 is 0 Å². The zero-order chi connectivity index (χ0) is 20.6. The number of carbonyl (C=O) groups is 1. The lowest BCUT2D eigenvalue weighted by molar-refractivity contribution is -0.113. The van der Waals surface area contributed by atoms with E-state index in [1.807, 2.05) is 47.9 Å². The van der Waals surface area contributed by atoms with Crippen molar-refractivity contribution in [1.29, 1.82) is 0 Å². The van der Waals surface area contributed by atoms with Crippen LogP contribution in [-0.4, -0.2) is 33.0 Å². The van der Waals surface area contributed by atoms with Crippen molar-refractivity contribution in [2.45, 2.75) is 18.6 Å². The lowest BCUT2D eigenvalue weighted by Crippen LogP contribution is -2.15. The first-order chi connectivity index (χ1) is 14.1. The SMILES string of the molecule is C=CCn1c(SCC(=O)Nc2ccccc2OCC)nnc1-c1ccc(Cl)cc1. The van der Waals surface area contributed by atoms with Crippen LogP contribution in [0.4, 0.5) is 5.69 Å². The maximum absolute atomic E-state index is 12.4. The van der Waals surface area contributed by atoms with Crippen molar-refractivity contribution in [1.82, 2.24) is 14.8 Å². The zero-order valence-corrected chi connectivity index (χ0v) is 17.5. The number of allylic oxidation sites excluding steroid dienone is 1. The van der Waals surface area contributed by atoms with Gasteiger partial charge in [0.05, 0.1) is 18.0 Å². The summed E-state index contributed by atoms with van der Waals surface area (Å²) in [5, 5.41) is 12.7. The molecule has 0 aliphatic rings. The van der Waals surface area contributed by atoms with E-state index in [0.717, 1.165) is 5.56 Å². The number of anilines is 1. The summed E-state index contributed by atoms with van der Waals surface area (Å²) < 4.78 is 7.46. The molecule has 29 heavy (non-hydrogen) atoms. The third-order valence-corrected chi connectivity index (χ3v) is 5.14. The number of carbonyl (C=O) groups excluding carboxylic acids is 1. The van der Waals surface area contributed by atoms with Crippen LogP contribution >= 0.6 is 23.4 Å². The number of ether oxygens (including phenoxy) is 1. The van der Waals surface area contributed by atoms with E-state index in [-0.39, 0.29) is 11.7 Å². The van der Waals surface area contributed by atoms with Crippen molar-refractivity contribution in [3.63, 3.8) is 0 Å². The minimum Gasteiger partial charge on any atom is -0.492 e. The lowest BCUT2D eigenvalue weighted by atomic mass is 10.2. The number of nitrogens with one attached hydrogen (secondary N) is 1. The summed E-state index contributed by atoms with van der Waals surface area (Å²) in [5.41, 5.74) is 1.54. The van der Waals surface area contributed by atoms with Crippen LogP contribution in [0.25, 0.3) is 11.4 Å². The predicted octanol–water partition coefficient (Wildman–Crippen LogP) is 4.91. The Hall–Kier alpha value is -2.77. The molecule has 0 saturated heterocycles. The van der Waals surface area contributed by atoms with E-state index in [1.54, 1.807) is 18.2 Å². The molecule has 1 amide bonds. The highest BCUT2D eigenvalue weighted by Gasteiger charge is 2.15. The topological polar surface area (TPSA) is 69.0 Å². The molecule has 0 fully saturated rings. The van der Waals surface area contributed by atoms with Crippen molar-refractivity contribution in [3.05, 3.63) is 66.2 Å². The van der Waals surface area contributed by atoms with Gasteiger partial charge in [0.15, 0.2) is 11.0 Å². The number of rotatable bonds is 9. The first-order valence-corrected chi connectivity index (χ1v) is 10.4. The smallest absolute Gasteiger partial charge is 0.234 e. The van der Waals surface area contributed by atoms with Crippen LogP contribution in [0.5, 0.6) is 5.75 Å². The molecule has 1 aromatic heterocycles. The van der Waals surface area contributed by atoms with Gasteiger partial charge < -0.3 is 10.1 Å². The Bertz CT molecular complexity index is 989. The normalized spacial score (nSPS) is 10.6. The van der Waals surface area contributed by atoms with E-state index in [2.05, 4.69) is 22.1 Å². The van der Waals surface area contributed by atoms with Gasteiger partial charge in [0.25, 0.3) is 0 Å². The minimum atomic E-state index is -0.150. The van der Waals surface area contributed by atoms with Gasteiger partial charge in [-0.3, -0.25) is 9.36 Å². The Morgan fingerprint density at radius 3 is 2.72 bits per heavy atom. The number of para-hydroxylation sites is 2. The van der Waals surface area contributed by atoms with Gasteiger partial charge in [-0.25, -0.2) is 0 Å². The Morgan fingerprint density at radius 2 is 2.00 bits per heavy atom. The van der Waals surface area contributed by atoms with Gasteiger partial charge in [0, 0.05) is 17.1 Å². The summed E-state index contributed by atoms with van der Waals surface area (Å²) in [5.74, 6) is 1.39. The molecular weight excluding hydrogens is 408 g/mol. The summed E-state index contributed by atoms with van der Waals surface area (Å²) in [7, 11) is 0. The largest absolute Gasteiger partial charge is 0.492 e. The molecule has 0 atom stereocenters. The fraction of sp³-hybridized carbons (Fsp3) is 0.190. The van der Waals surface area contributed by atoms with Crippen molar-refractivity contribution >= 4 is 35.0 Å². The first kappa shape index (κ1) is 21.0. The molecule has 150 valence electrons. The molecule has 8 heteroatoms. The fourth-order valence-corrected chi connectivity index (χ4v) is 3.54. The van der Waals surface area contributed by atoms with Crippen LogP contribution in [0.2, 0.25) is 5.02 Å². The van der Waals surface area contributed by atoms with Crippen LogP contribution < -0.4 is 10.1 Å². The Morgan fingerprint density at radius 1 is 1.24 bits per heavy atom. The highest BCUT2D eigenvalue weighted by atomic mass is 35.5. The average molecular weight is 429 g/mol. The van der Waals surface area contributed by atoms with Crippen molar-refractivity contribution < 1.29 is 9.53 Å². The zero-order valence-electron chi connectivity index (χ0n) is 16.0. The number of hydrogen-bond donors (Lipinski definition) is 1. The van der Waals surface area contributed by atoms with E-state index in [4.69, 9.17) is 16.3 Å². The molecule has 0 radical (unpaired) electrons. The van der Waals surface area contributed by atoms with Gasteiger partial charge in [0.2, 0.25) is 5.91 Å². The second-order valence-electron chi connectivity index (χ2n) is 5.98. The molecule has 1 heterocycles. The van der Waals surface area contributed by atoms with Crippen molar-refractivity contribution in [2.75, 3.05) is 17.7 Å². The number of benzene rings is 2. The lowest BCUT2D eigenvalue weighted by Gasteiger charge is -2.11. The Labute approximate surface area is 178 Å². The first-order valence-electron chi connectivity index (χ1n) is 9.07. The monoisotopic (exact) mass is 428 g/mol. The van der Waals surface area contributed by atoms with Gasteiger partial charge in [-0.15, -0.1) is 16.8 Å². The third-order valence-electron chi connectivity index (χ3n) is 3.92. The fourth-order valence-electron chi connectivity index (χ4n) is 2.67. The van der Waals surface area contributed by atoms with Crippen LogP contribution in [0, 0.1) is 0 Å². The predicted molar refractivity (Wildman–Crippen MR) is 118 cm³/mol. The molecule has 2 aromatic carbocycles. The number of hydrogen-bond acceptors (Lipinski definition) is 5. The number of nitrogens with zero attached hydrogens (tertiary/aromatic N) is 3. The van der Waals surface area contributed by atoms with E-state index in [0.29, 0.717) is 40.6 Å². The Kier molecular flexibility index (Phi) is 7.32. The number of thioether (sulfide) groups is 1. The van der Waals surface area contributed by atoms with Gasteiger partial charge in [-0.1, -0.05) is 41.6 Å². The highest BCUT2D eigenvalue weighted by molar-refractivity contribution is 7.99. The van der Waals surface area contributed by atoms with Crippen molar-refractivity contribution in [2.24, 2.45) is 0 Å². The molecular formula is C21H21ClN4O2S. The third kappa shape index (κ3) is 5.40. The highest BCUT2D eigenvalue weighted by Crippen LogP contribution is 2.27. The summed E-state index contributed by atoms with van der Waals surface area (Å²) in [4.78, 5) is 12.4. The molecule has 0 aliphatic heterocycles. The van der Waals surface area contributed by atoms with Gasteiger partial charge in [0.1, 0.15) is 5.75 Å². The maximum atomic E-state index is 12.4. The quantitative estimate of drug-likeness (QED) is 0.387. The van der Waals surface area contributed by atoms with Crippen LogP contribution in [0.15, 0.2) is 66.3 Å². The summed E-state index contributed by atoms with van der Waals surface area (Å²) in [6.45, 7) is 6.76. The second-order valence-corrected chi connectivity index (χ2v) is 7.36. The van der Waals surface area contributed by atoms with Crippen LogP contribution in [0.3, 0.4) is 0 Å². The number of amides is 1. The number of halogens is 1. The molecule has 1 N–H and O–H groups in total. The van der Waals surface area contributed by atoms with E-state index >= 15 is 0 Å². The Balaban J connectivity index is 1.71. The van der Waals surface area contributed by atoms with E-state index in [9.17, 15) is 4.79 Å². The van der Waals surface area contributed by atoms with Crippen LogP contribution in [0.1, 0.15) is 6.92 Å². The van der Waals surface area contributed by atoms with E-state index in [1.165, 1.54) is 11.8 Å². The molecule has 0 aliphatic carbocycles. The molecule has 0 bridgehead atoms. The van der Waals surface area contributed by atoms with E-state index < -0.39 is 0 Å². The molecule has 3 aromatic rings. The summed E-state index contributed by atoms with van der Waals surface area (Å²) in [6, 6.07) is 14.7. The molecule has 0 saturated carbocycles. The molecule has 0 spiro atoms. The minimum absolute atomic E-state index is 0.150. The second kappa shape index (κ2) is 10.1. The molecule has 6 nitrogen and oxygen atoms in total. The van der Waals surface area contributed by atoms with Gasteiger partial charge in [-0.2, -0.15) is 0 Å². The maximum Gasteiger partial charge on any atom is 0.234 e. The van der Waals surface area contributed by atoms with Crippen molar-refractivity contribution in [3.8, 4) is 17.1 Å². The molecule has 3 rings (SSSR count).